The third-order valence-corrected chi connectivity index (χ3v) is 4.33. The number of nitrogens with one attached hydrogen (secondary N) is 1. The van der Waals surface area contributed by atoms with E-state index in [1.807, 2.05) is 12.1 Å². The van der Waals surface area contributed by atoms with Crippen LogP contribution in [0, 0.1) is 0 Å². The highest BCUT2D eigenvalue weighted by molar-refractivity contribution is 9.10. The van der Waals surface area contributed by atoms with E-state index < -0.39 is 0 Å². The number of rotatable bonds is 6. The zero-order valence-corrected chi connectivity index (χ0v) is 13.8. The van der Waals surface area contributed by atoms with Gasteiger partial charge in [0.1, 0.15) is 11.9 Å². The Hall–Kier alpha value is -0.580. The number of aliphatic hydroxyl groups is 1. The van der Waals surface area contributed by atoms with Crippen LogP contribution in [0.25, 0.3) is 0 Å². The molecule has 1 aromatic carbocycles. The topological polar surface area (TPSA) is 41.5 Å². The second-order valence-electron chi connectivity index (χ2n) is 5.51. The lowest BCUT2D eigenvalue weighted by molar-refractivity contribution is 0.0594. The third kappa shape index (κ3) is 3.96. The van der Waals surface area contributed by atoms with Gasteiger partial charge in [-0.15, -0.1) is 0 Å². The van der Waals surface area contributed by atoms with Crippen molar-refractivity contribution in [2.24, 2.45) is 0 Å². The summed E-state index contributed by atoms with van der Waals surface area (Å²) in [6.07, 6.45) is 3.53. The number of ether oxygens (including phenoxy) is 1. The van der Waals surface area contributed by atoms with Crippen LogP contribution in [0.5, 0.6) is 5.75 Å². The molecule has 0 bridgehead atoms. The molecule has 0 heterocycles. The number of hydrogen-bond acceptors (Lipinski definition) is 3. The molecule has 1 saturated carbocycles. The predicted octanol–water partition coefficient (Wildman–Crippen LogP) is 3.80. The maximum atomic E-state index is 9.94. The average Bonchev–Trinajstić information content (AvgIpc) is 2.82. The van der Waals surface area contributed by atoms with Crippen LogP contribution in [0.3, 0.4) is 0 Å². The molecule has 0 aliphatic heterocycles. The quantitative estimate of drug-likeness (QED) is 0.826. The molecule has 20 heavy (non-hydrogen) atoms. The first-order valence-corrected chi connectivity index (χ1v) is 8.28. The minimum Gasteiger partial charge on any atom is -0.487 e. The number of aliphatic hydroxyl groups excluding tert-OH is 1. The van der Waals surface area contributed by atoms with E-state index in [0.29, 0.717) is 0 Å². The number of benzene rings is 1. The van der Waals surface area contributed by atoms with E-state index in [9.17, 15) is 5.11 Å². The van der Waals surface area contributed by atoms with Crippen molar-refractivity contribution in [3.8, 4) is 5.75 Å². The van der Waals surface area contributed by atoms with E-state index in [4.69, 9.17) is 4.74 Å². The molecule has 1 aliphatic rings. The summed E-state index contributed by atoms with van der Waals surface area (Å²) in [6, 6.07) is 6.38. The van der Waals surface area contributed by atoms with Gasteiger partial charge in [-0.2, -0.15) is 0 Å². The van der Waals surface area contributed by atoms with E-state index in [2.05, 4.69) is 41.2 Å². The smallest absolute Gasteiger partial charge is 0.125 e. The average molecular weight is 342 g/mol. The van der Waals surface area contributed by atoms with Gasteiger partial charge in [0.15, 0.2) is 0 Å². The summed E-state index contributed by atoms with van der Waals surface area (Å²) in [7, 11) is 0. The number of halogens is 1. The fourth-order valence-corrected chi connectivity index (χ4v) is 2.99. The van der Waals surface area contributed by atoms with Crippen molar-refractivity contribution in [2.45, 2.75) is 57.8 Å². The summed E-state index contributed by atoms with van der Waals surface area (Å²) in [5.41, 5.74) is 1.15. The highest BCUT2D eigenvalue weighted by Gasteiger charge is 2.28. The molecular weight excluding hydrogens is 318 g/mol. The normalized spacial score (nSPS) is 23.8. The molecule has 0 radical (unpaired) electrons. The standard InChI is InChI=1S/C16H24BrNO2/c1-3-9-18-11(2)13-8-7-12(17)10-16(13)20-15-6-4-5-14(15)19/h7-8,10-11,14-15,18-19H,3-6,9H2,1-2H3. The van der Waals surface area contributed by atoms with E-state index in [-0.39, 0.29) is 18.2 Å². The molecule has 112 valence electrons. The van der Waals surface area contributed by atoms with Gasteiger partial charge >= 0.3 is 0 Å². The van der Waals surface area contributed by atoms with Crippen LogP contribution in [0.15, 0.2) is 22.7 Å². The summed E-state index contributed by atoms with van der Waals surface area (Å²) in [6.45, 7) is 5.30. The Morgan fingerprint density at radius 2 is 2.25 bits per heavy atom. The molecule has 0 amide bonds. The lowest BCUT2D eigenvalue weighted by Crippen LogP contribution is -2.27. The van der Waals surface area contributed by atoms with Gasteiger partial charge < -0.3 is 15.2 Å². The van der Waals surface area contributed by atoms with Crippen LogP contribution in [-0.4, -0.2) is 23.9 Å². The molecule has 3 unspecified atom stereocenters. The van der Waals surface area contributed by atoms with Gasteiger partial charge in [-0.3, -0.25) is 0 Å². The molecule has 1 aromatic rings. The van der Waals surface area contributed by atoms with Crippen molar-refractivity contribution >= 4 is 15.9 Å². The van der Waals surface area contributed by atoms with E-state index in [0.717, 1.165) is 48.0 Å². The van der Waals surface area contributed by atoms with Crippen molar-refractivity contribution in [3.05, 3.63) is 28.2 Å². The molecule has 0 spiro atoms. The summed E-state index contributed by atoms with van der Waals surface area (Å²) in [4.78, 5) is 0. The second kappa shape index (κ2) is 7.43. The largest absolute Gasteiger partial charge is 0.487 e. The molecule has 0 aromatic heterocycles. The zero-order chi connectivity index (χ0) is 14.5. The maximum absolute atomic E-state index is 9.94. The summed E-state index contributed by atoms with van der Waals surface area (Å²) in [5, 5.41) is 13.4. The first-order chi connectivity index (χ1) is 9.61. The fraction of sp³-hybridized carbons (Fsp3) is 0.625. The van der Waals surface area contributed by atoms with Gasteiger partial charge in [-0.1, -0.05) is 28.9 Å². The van der Waals surface area contributed by atoms with E-state index in [1.54, 1.807) is 0 Å². The summed E-state index contributed by atoms with van der Waals surface area (Å²) >= 11 is 3.50. The Balaban J connectivity index is 2.14. The van der Waals surface area contributed by atoms with Crippen LogP contribution in [0.2, 0.25) is 0 Å². The molecule has 4 heteroatoms. The van der Waals surface area contributed by atoms with E-state index in [1.165, 1.54) is 0 Å². The minimum absolute atomic E-state index is 0.0681. The fourth-order valence-electron chi connectivity index (χ4n) is 2.65. The van der Waals surface area contributed by atoms with Crippen molar-refractivity contribution in [2.75, 3.05) is 6.54 Å². The van der Waals surface area contributed by atoms with Gasteiger partial charge in [0.2, 0.25) is 0 Å². The van der Waals surface area contributed by atoms with E-state index >= 15 is 0 Å². The van der Waals surface area contributed by atoms with Crippen molar-refractivity contribution in [1.29, 1.82) is 0 Å². The Bertz CT molecular complexity index is 438. The van der Waals surface area contributed by atoms with Crippen molar-refractivity contribution in [1.82, 2.24) is 5.32 Å². The molecule has 1 fully saturated rings. The van der Waals surface area contributed by atoms with Gasteiger partial charge in [0, 0.05) is 16.1 Å². The molecule has 3 atom stereocenters. The summed E-state index contributed by atoms with van der Waals surface area (Å²) < 4.78 is 7.09. The Labute approximate surface area is 129 Å². The second-order valence-corrected chi connectivity index (χ2v) is 6.43. The number of hydrogen-bond donors (Lipinski definition) is 2. The molecule has 3 nitrogen and oxygen atoms in total. The monoisotopic (exact) mass is 341 g/mol. The summed E-state index contributed by atoms with van der Waals surface area (Å²) in [5.74, 6) is 0.876. The van der Waals surface area contributed by atoms with Gasteiger partial charge in [0.25, 0.3) is 0 Å². The highest BCUT2D eigenvalue weighted by Crippen LogP contribution is 2.32. The van der Waals surface area contributed by atoms with Crippen LogP contribution in [0.1, 0.15) is 51.1 Å². The van der Waals surface area contributed by atoms with Crippen LogP contribution in [-0.2, 0) is 0 Å². The highest BCUT2D eigenvalue weighted by atomic mass is 79.9. The Kier molecular flexibility index (Phi) is 5.87. The molecular formula is C16H24BrNO2. The van der Waals surface area contributed by atoms with Gasteiger partial charge in [-0.05, 0) is 51.3 Å². The van der Waals surface area contributed by atoms with Gasteiger partial charge in [-0.25, -0.2) is 0 Å². The van der Waals surface area contributed by atoms with Crippen LogP contribution < -0.4 is 10.1 Å². The Morgan fingerprint density at radius 1 is 1.45 bits per heavy atom. The minimum atomic E-state index is -0.333. The molecule has 1 aliphatic carbocycles. The third-order valence-electron chi connectivity index (χ3n) is 3.84. The van der Waals surface area contributed by atoms with Crippen molar-refractivity contribution in [3.63, 3.8) is 0 Å². The first-order valence-electron chi connectivity index (χ1n) is 7.49. The molecule has 0 saturated heterocycles. The lowest BCUT2D eigenvalue weighted by atomic mass is 10.1. The lowest BCUT2D eigenvalue weighted by Gasteiger charge is -2.23. The first kappa shape index (κ1) is 15.8. The zero-order valence-electron chi connectivity index (χ0n) is 12.2. The molecule has 2 N–H and O–H groups in total. The van der Waals surface area contributed by atoms with Gasteiger partial charge in [0.05, 0.1) is 6.10 Å². The maximum Gasteiger partial charge on any atom is 0.125 e. The van der Waals surface area contributed by atoms with Crippen LogP contribution in [0.4, 0.5) is 0 Å². The SMILES string of the molecule is CCCNC(C)c1ccc(Br)cc1OC1CCCC1O. The van der Waals surface area contributed by atoms with Crippen molar-refractivity contribution < 1.29 is 9.84 Å². The van der Waals surface area contributed by atoms with Crippen LogP contribution >= 0.6 is 15.9 Å². The predicted molar refractivity (Wildman–Crippen MR) is 85.1 cm³/mol. The molecule has 2 rings (SSSR count). The Morgan fingerprint density at radius 3 is 2.90 bits per heavy atom.